The maximum atomic E-state index is 9.89. The van der Waals surface area contributed by atoms with Crippen molar-refractivity contribution in [1.82, 2.24) is 0 Å². The lowest BCUT2D eigenvalue weighted by molar-refractivity contribution is -0.184. The van der Waals surface area contributed by atoms with Gasteiger partial charge in [-0.1, -0.05) is 18.2 Å². The summed E-state index contributed by atoms with van der Waals surface area (Å²) in [6, 6.07) is 8.37. The monoisotopic (exact) mass is 194 g/mol. The zero-order valence-electron chi connectivity index (χ0n) is 7.79. The molecule has 4 heteroatoms. The summed E-state index contributed by atoms with van der Waals surface area (Å²) in [5, 5.41) is 19.3. The topological polar surface area (TPSA) is 54.0 Å². The molecule has 0 spiro atoms. The van der Waals surface area contributed by atoms with Crippen LogP contribution in [0, 0.1) is 6.57 Å². The van der Waals surface area contributed by atoms with Crippen LogP contribution in [0.15, 0.2) is 30.3 Å². The molecular formula is C10H12NO3+. The maximum Gasteiger partial charge on any atom is 0.459 e. The van der Waals surface area contributed by atoms with Crippen LogP contribution in [-0.4, -0.2) is 23.6 Å². The Balaban J connectivity index is 3.10. The zero-order valence-corrected chi connectivity index (χ0v) is 7.79. The molecule has 0 amide bonds. The first-order chi connectivity index (χ1) is 6.65. The molecule has 0 fully saturated rings. The minimum absolute atomic E-state index is 0.372. The number of hydrogen-bond acceptors (Lipinski definition) is 3. The molecule has 1 rings (SSSR count). The largest absolute Gasteiger partial charge is 0.459 e. The van der Waals surface area contributed by atoms with Crippen molar-refractivity contribution in [3.8, 4) is 6.57 Å². The van der Waals surface area contributed by atoms with Crippen molar-refractivity contribution in [3.05, 3.63) is 40.7 Å². The predicted octanol–water partition coefficient (Wildman–Crippen LogP) is 0.759. The molecule has 0 bridgehead atoms. The van der Waals surface area contributed by atoms with Crippen molar-refractivity contribution in [2.24, 2.45) is 0 Å². The third-order valence-electron chi connectivity index (χ3n) is 1.96. The van der Waals surface area contributed by atoms with Gasteiger partial charge in [-0.15, -0.1) is 0 Å². The van der Waals surface area contributed by atoms with Crippen LogP contribution in [-0.2, 0) is 10.5 Å². The van der Waals surface area contributed by atoms with Crippen molar-refractivity contribution >= 4 is 0 Å². The lowest BCUT2D eigenvalue weighted by Gasteiger charge is -2.16. The highest BCUT2D eigenvalue weighted by Gasteiger charge is 2.49. The van der Waals surface area contributed by atoms with Crippen molar-refractivity contribution in [2.75, 3.05) is 7.11 Å². The van der Waals surface area contributed by atoms with Gasteiger partial charge in [-0.05, 0) is 17.0 Å². The highest BCUT2D eigenvalue weighted by atomic mass is 16.6. The predicted molar refractivity (Wildman–Crippen MR) is 51.7 cm³/mol. The SMILES string of the molecule is C#[N+]C(O)(c1ccccc1)C(O)OC. The summed E-state index contributed by atoms with van der Waals surface area (Å²) in [4.78, 5) is 3.24. The van der Waals surface area contributed by atoms with Crippen LogP contribution in [0.5, 0.6) is 0 Å². The number of rotatable bonds is 3. The molecule has 0 saturated heterocycles. The molecule has 0 aliphatic rings. The zero-order chi connectivity index (χ0) is 10.6. The third-order valence-corrected chi connectivity index (χ3v) is 1.96. The van der Waals surface area contributed by atoms with Crippen molar-refractivity contribution in [1.29, 1.82) is 0 Å². The molecule has 0 aliphatic heterocycles. The fraction of sp³-hybridized carbons (Fsp3) is 0.300. The minimum atomic E-state index is -1.92. The first-order valence-electron chi connectivity index (χ1n) is 4.06. The van der Waals surface area contributed by atoms with E-state index < -0.39 is 12.0 Å². The summed E-state index contributed by atoms with van der Waals surface area (Å²) < 4.78 is 4.59. The first-order valence-corrected chi connectivity index (χ1v) is 4.06. The van der Waals surface area contributed by atoms with E-state index >= 15 is 0 Å². The summed E-state index contributed by atoms with van der Waals surface area (Å²) in [5.41, 5.74) is -1.55. The Morgan fingerprint density at radius 2 is 2.00 bits per heavy atom. The van der Waals surface area contributed by atoms with Crippen molar-refractivity contribution in [3.63, 3.8) is 0 Å². The van der Waals surface area contributed by atoms with Gasteiger partial charge in [0.1, 0.15) is 0 Å². The molecule has 2 unspecified atom stereocenters. The second-order valence-corrected chi connectivity index (χ2v) is 2.81. The van der Waals surface area contributed by atoms with Crippen LogP contribution in [0.3, 0.4) is 0 Å². The van der Waals surface area contributed by atoms with E-state index in [4.69, 9.17) is 6.57 Å². The van der Waals surface area contributed by atoms with Crippen LogP contribution < -0.4 is 0 Å². The van der Waals surface area contributed by atoms with Crippen molar-refractivity contribution in [2.45, 2.75) is 12.0 Å². The van der Waals surface area contributed by atoms with E-state index in [1.54, 1.807) is 30.3 Å². The van der Waals surface area contributed by atoms with Crippen molar-refractivity contribution < 1.29 is 14.9 Å². The Hall–Kier alpha value is -1.41. The van der Waals surface area contributed by atoms with Gasteiger partial charge in [-0.25, -0.2) is 0 Å². The molecule has 0 aliphatic carbocycles. The van der Waals surface area contributed by atoms with E-state index in [0.29, 0.717) is 5.56 Å². The van der Waals surface area contributed by atoms with Crippen LogP contribution in [0.1, 0.15) is 5.56 Å². The lowest BCUT2D eigenvalue weighted by atomic mass is 10.0. The number of nitrogens with zero attached hydrogens (tertiary/aromatic N) is 1. The standard InChI is InChI=1S/C10H12NO3/c1-11-10(13,9(12)14-2)8-6-4-3-5-7-8/h1,3-7,9,12-13H,2H3/q+1. The fourth-order valence-electron chi connectivity index (χ4n) is 1.13. The van der Waals surface area contributed by atoms with E-state index in [-0.39, 0.29) is 0 Å². The van der Waals surface area contributed by atoms with Gasteiger partial charge in [-0.2, -0.15) is 0 Å². The minimum Gasteiger partial charge on any atom is -0.359 e. The van der Waals surface area contributed by atoms with Crippen LogP contribution in [0.4, 0.5) is 0 Å². The number of methoxy groups -OCH3 is 1. The Morgan fingerprint density at radius 3 is 2.43 bits per heavy atom. The van der Waals surface area contributed by atoms with Crippen LogP contribution in [0.25, 0.3) is 4.85 Å². The Bertz CT molecular complexity index is 333. The maximum absolute atomic E-state index is 9.89. The average molecular weight is 194 g/mol. The molecular weight excluding hydrogens is 182 g/mol. The number of aliphatic hydroxyl groups excluding tert-OH is 1. The molecule has 74 valence electrons. The third kappa shape index (κ3) is 1.75. The summed E-state index contributed by atoms with van der Waals surface area (Å²) in [7, 11) is 1.25. The van der Waals surface area contributed by atoms with Crippen LogP contribution in [0.2, 0.25) is 0 Å². The molecule has 2 N–H and O–H groups in total. The average Bonchev–Trinajstić information content (AvgIpc) is 2.28. The van der Waals surface area contributed by atoms with Gasteiger partial charge in [0.05, 0.1) is 5.56 Å². The van der Waals surface area contributed by atoms with Gasteiger partial charge in [0.15, 0.2) is 0 Å². The summed E-state index contributed by atoms with van der Waals surface area (Å²) >= 11 is 0. The molecule has 0 saturated carbocycles. The molecule has 2 atom stereocenters. The second-order valence-electron chi connectivity index (χ2n) is 2.81. The second kappa shape index (κ2) is 4.20. The summed E-state index contributed by atoms with van der Waals surface area (Å²) in [6.07, 6.45) is -1.49. The van der Waals surface area contributed by atoms with E-state index in [2.05, 4.69) is 9.58 Å². The van der Waals surface area contributed by atoms with E-state index in [9.17, 15) is 10.2 Å². The first kappa shape index (κ1) is 10.7. The number of aliphatic hydroxyl groups is 2. The fourth-order valence-corrected chi connectivity index (χ4v) is 1.13. The number of ether oxygens (including phenoxy) is 1. The van der Waals surface area contributed by atoms with Gasteiger partial charge in [0.2, 0.25) is 0 Å². The quantitative estimate of drug-likeness (QED) is 0.698. The number of benzene rings is 1. The number of hydrogen-bond donors (Lipinski definition) is 2. The molecule has 0 aromatic heterocycles. The van der Waals surface area contributed by atoms with E-state index in [1.807, 2.05) is 0 Å². The normalized spacial score (nSPS) is 16.7. The Kier molecular flexibility index (Phi) is 3.20. The van der Waals surface area contributed by atoms with Gasteiger partial charge < -0.3 is 14.9 Å². The van der Waals surface area contributed by atoms with Gasteiger partial charge in [0, 0.05) is 7.11 Å². The summed E-state index contributed by atoms with van der Waals surface area (Å²) in [5.74, 6) is 0. The molecule has 0 heterocycles. The molecule has 4 nitrogen and oxygen atoms in total. The smallest absolute Gasteiger partial charge is 0.359 e. The van der Waals surface area contributed by atoms with E-state index in [1.165, 1.54) is 7.11 Å². The van der Waals surface area contributed by atoms with E-state index in [0.717, 1.165) is 0 Å². The molecule has 1 aromatic carbocycles. The molecule has 14 heavy (non-hydrogen) atoms. The van der Waals surface area contributed by atoms with Gasteiger partial charge >= 0.3 is 5.72 Å². The van der Waals surface area contributed by atoms with Crippen LogP contribution >= 0.6 is 0 Å². The Morgan fingerprint density at radius 1 is 1.43 bits per heavy atom. The Labute approximate surface area is 82.2 Å². The highest BCUT2D eigenvalue weighted by Crippen LogP contribution is 2.26. The molecule has 0 radical (unpaired) electrons. The highest BCUT2D eigenvalue weighted by molar-refractivity contribution is 5.25. The van der Waals surface area contributed by atoms with Gasteiger partial charge in [0.25, 0.3) is 12.9 Å². The lowest BCUT2D eigenvalue weighted by Crippen LogP contribution is -2.37. The summed E-state index contributed by atoms with van der Waals surface area (Å²) in [6.45, 7) is 5.05. The van der Waals surface area contributed by atoms with Gasteiger partial charge in [-0.3, -0.25) is 0 Å². The molecule has 1 aromatic rings.